The van der Waals surface area contributed by atoms with Gasteiger partial charge in [-0.05, 0) is 48.2 Å². The molecule has 0 aliphatic carbocycles. The van der Waals surface area contributed by atoms with Gasteiger partial charge < -0.3 is 13.6 Å². The molecule has 4 heteroatoms. The van der Waals surface area contributed by atoms with Crippen LogP contribution in [0.3, 0.4) is 0 Å². The number of benzene rings is 2. The van der Waals surface area contributed by atoms with Crippen LogP contribution in [-0.4, -0.2) is 7.11 Å². The molecule has 2 heterocycles. The molecule has 4 rings (SSSR count). The van der Waals surface area contributed by atoms with Gasteiger partial charge in [0.25, 0.3) is 0 Å². The molecule has 0 atom stereocenters. The number of rotatable bonds is 4. The van der Waals surface area contributed by atoms with E-state index >= 15 is 0 Å². The predicted molar refractivity (Wildman–Crippen MR) is 103 cm³/mol. The third-order valence-electron chi connectivity index (χ3n) is 4.75. The van der Waals surface area contributed by atoms with E-state index in [0.29, 0.717) is 5.58 Å². The maximum Gasteiger partial charge on any atom is 0.336 e. The first-order valence-corrected chi connectivity index (χ1v) is 8.74. The SMILES string of the molecule is CCCc1cc(=O)oc2cc(C)c3c(-c4ccc(OC)cc4)coc3c12. The van der Waals surface area contributed by atoms with Crippen LogP contribution in [0.15, 0.2) is 56.3 Å². The van der Waals surface area contributed by atoms with Gasteiger partial charge in [0.2, 0.25) is 0 Å². The summed E-state index contributed by atoms with van der Waals surface area (Å²) in [6.07, 6.45) is 3.53. The zero-order valence-electron chi connectivity index (χ0n) is 15.1. The molecule has 132 valence electrons. The van der Waals surface area contributed by atoms with Crippen LogP contribution in [0.2, 0.25) is 0 Å². The molecule has 0 aliphatic heterocycles. The van der Waals surface area contributed by atoms with Crippen LogP contribution >= 0.6 is 0 Å². The van der Waals surface area contributed by atoms with Gasteiger partial charge in [-0.15, -0.1) is 0 Å². The van der Waals surface area contributed by atoms with Crippen LogP contribution in [-0.2, 0) is 6.42 Å². The van der Waals surface area contributed by atoms with Gasteiger partial charge in [-0.25, -0.2) is 4.79 Å². The van der Waals surface area contributed by atoms with Gasteiger partial charge in [-0.1, -0.05) is 25.5 Å². The number of hydrogen-bond acceptors (Lipinski definition) is 4. The molecule has 2 aromatic carbocycles. The normalized spacial score (nSPS) is 11.3. The highest BCUT2D eigenvalue weighted by Crippen LogP contribution is 2.38. The summed E-state index contributed by atoms with van der Waals surface area (Å²) < 4.78 is 16.7. The number of furan rings is 1. The minimum absolute atomic E-state index is 0.318. The smallest absolute Gasteiger partial charge is 0.336 e. The summed E-state index contributed by atoms with van der Waals surface area (Å²) in [5, 5.41) is 1.95. The molecule has 0 saturated heterocycles. The Balaban J connectivity index is 2.03. The van der Waals surface area contributed by atoms with Crippen molar-refractivity contribution in [3.05, 3.63) is 64.2 Å². The molecule has 0 unspecified atom stereocenters. The molecule has 0 radical (unpaired) electrons. The van der Waals surface area contributed by atoms with Crippen molar-refractivity contribution in [1.82, 2.24) is 0 Å². The lowest BCUT2D eigenvalue weighted by Crippen LogP contribution is -2.01. The van der Waals surface area contributed by atoms with Crippen molar-refractivity contribution in [2.75, 3.05) is 7.11 Å². The number of hydrogen-bond donors (Lipinski definition) is 0. The van der Waals surface area contributed by atoms with Crippen LogP contribution in [0.1, 0.15) is 24.5 Å². The van der Waals surface area contributed by atoms with Crippen molar-refractivity contribution < 1.29 is 13.6 Å². The van der Waals surface area contributed by atoms with Crippen LogP contribution in [0.4, 0.5) is 0 Å². The summed E-state index contributed by atoms with van der Waals surface area (Å²) in [5.41, 5.74) is 5.11. The standard InChI is InChI=1S/C22H20O4/c1-4-5-15-11-19(23)26-18-10-13(2)20-17(12-25-22(20)21(15)18)14-6-8-16(24-3)9-7-14/h6-12H,4-5H2,1-3H3. The summed E-state index contributed by atoms with van der Waals surface area (Å²) in [6, 6.07) is 11.4. The van der Waals surface area contributed by atoms with E-state index in [1.54, 1.807) is 19.4 Å². The minimum atomic E-state index is -0.318. The zero-order chi connectivity index (χ0) is 18.3. The molecular formula is C22H20O4. The predicted octanol–water partition coefficient (Wildman–Crippen LogP) is 5.48. The summed E-state index contributed by atoms with van der Waals surface area (Å²) in [5.74, 6) is 0.815. The minimum Gasteiger partial charge on any atom is -0.497 e. The monoisotopic (exact) mass is 348 g/mol. The average molecular weight is 348 g/mol. The molecule has 4 nitrogen and oxygen atoms in total. The summed E-state index contributed by atoms with van der Waals surface area (Å²) in [6.45, 7) is 4.10. The Kier molecular flexibility index (Phi) is 4.03. The second-order valence-electron chi connectivity index (χ2n) is 6.49. The summed E-state index contributed by atoms with van der Waals surface area (Å²) >= 11 is 0. The molecule has 0 amide bonds. The van der Waals surface area contributed by atoms with Gasteiger partial charge in [0, 0.05) is 17.0 Å². The highest BCUT2D eigenvalue weighted by atomic mass is 16.5. The maximum absolute atomic E-state index is 11.9. The first-order valence-electron chi connectivity index (χ1n) is 8.74. The van der Waals surface area contributed by atoms with E-state index in [-0.39, 0.29) is 5.63 Å². The van der Waals surface area contributed by atoms with E-state index in [9.17, 15) is 4.79 Å². The molecule has 26 heavy (non-hydrogen) atoms. The van der Waals surface area contributed by atoms with Crippen molar-refractivity contribution in [3.8, 4) is 16.9 Å². The zero-order valence-corrected chi connectivity index (χ0v) is 15.1. The van der Waals surface area contributed by atoms with Crippen LogP contribution in [0.25, 0.3) is 33.1 Å². The van der Waals surface area contributed by atoms with Gasteiger partial charge in [0.1, 0.15) is 16.9 Å². The highest BCUT2D eigenvalue weighted by Gasteiger charge is 2.18. The van der Waals surface area contributed by atoms with E-state index in [1.807, 2.05) is 37.3 Å². The Morgan fingerprint density at radius 3 is 2.54 bits per heavy atom. The highest BCUT2D eigenvalue weighted by molar-refractivity contribution is 6.10. The van der Waals surface area contributed by atoms with Crippen molar-refractivity contribution in [3.63, 3.8) is 0 Å². The van der Waals surface area contributed by atoms with Crippen molar-refractivity contribution in [2.45, 2.75) is 26.7 Å². The fourth-order valence-corrected chi connectivity index (χ4v) is 3.57. The number of fused-ring (bicyclic) bond motifs is 3. The molecule has 0 aliphatic rings. The number of aryl methyl sites for hydroxylation is 2. The van der Waals surface area contributed by atoms with Crippen LogP contribution in [0.5, 0.6) is 5.75 Å². The maximum atomic E-state index is 11.9. The lowest BCUT2D eigenvalue weighted by atomic mass is 9.97. The molecule has 0 fully saturated rings. The molecule has 2 aromatic heterocycles. The summed E-state index contributed by atoms with van der Waals surface area (Å²) in [7, 11) is 1.65. The number of ether oxygens (including phenoxy) is 1. The third-order valence-corrected chi connectivity index (χ3v) is 4.75. The molecule has 4 aromatic rings. The van der Waals surface area contributed by atoms with Crippen molar-refractivity contribution in [2.24, 2.45) is 0 Å². The summed E-state index contributed by atoms with van der Waals surface area (Å²) in [4.78, 5) is 11.9. The van der Waals surface area contributed by atoms with E-state index in [0.717, 1.165) is 57.2 Å². The first kappa shape index (κ1) is 16.5. The van der Waals surface area contributed by atoms with Crippen LogP contribution in [0, 0.1) is 6.92 Å². The fourth-order valence-electron chi connectivity index (χ4n) is 3.57. The molecular weight excluding hydrogens is 328 g/mol. The first-order chi connectivity index (χ1) is 12.6. The van der Waals surface area contributed by atoms with E-state index in [1.165, 1.54) is 0 Å². The molecule has 0 N–H and O–H groups in total. The molecule has 0 saturated carbocycles. The van der Waals surface area contributed by atoms with Gasteiger partial charge in [0.15, 0.2) is 0 Å². The van der Waals surface area contributed by atoms with Crippen molar-refractivity contribution >= 4 is 21.9 Å². The Bertz CT molecular complexity index is 1150. The Labute approximate surface area is 151 Å². The molecule has 0 spiro atoms. The second kappa shape index (κ2) is 6.37. The second-order valence-corrected chi connectivity index (χ2v) is 6.49. The van der Waals surface area contributed by atoms with Gasteiger partial charge >= 0.3 is 5.63 Å². The van der Waals surface area contributed by atoms with E-state index < -0.39 is 0 Å². The van der Waals surface area contributed by atoms with E-state index in [2.05, 4.69) is 6.92 Å². The largest absolute Gasteiger partial charge is 0.497 e. The third kappa shape index (κ3) is 2.58. The number of methoxy groups -OCH3 is 1. The topological polar surface area (TPSA) is 52.6 Å². The Morgan fingerprint density at radius 1 is 1.08 bits per heavy atom. The van der Waals surface area contributed by atoms with Gasteiger partial charge in [-0.2, -0.15) is 0 Å². The quantitative estimate of drug-likeness (QED) is 0.459. The van der Waals surface area contributed by atoms with Crippen molar-refractivity contribution in [1.29, 1.82) is 0 Å². The Morgan fingerprint density at radius 2 is 1.85 bits per heavy atom. The van der Waals surface area contributed by atoms with E-state index in [4.69, 9.17) is 13.6 Å². The van der Waals surface area contributed by atoms with Gasteiger partial charge in [-0.3, -0.25) is 0 Å². The average Bonchev–Trinajstić information content (AvgIpc) is 3.07. The Hall–Kier alpha value is -3.01. The van der Waals surface area contributed by atoms with Gasteiger partial charge in [0.05, 0.1) is 18.8 Å². The lowest BCUT2D eigenvalue weighted by molar-refractivity contribution is 0.415. The lowest BCUT2D eigenvalue weighted by Gasteiger charge is -2.08. The van der Waals surface area contributed by atoms with Crippen LogP contribution < -0.4 is 10.4 Å². The molecule has 0 bridgehead atoms. The fraction of sp³-hybridized carbons (Fsp3) is 0.227.